The van der Waals surface area contributed by atoms with Gasteiger partial charge in [0.15, 0.2) is 0 Å². The number of hydrogen-bond acceptors (Lipinski definition) is 5. The Hall–Kier alpha value is -2.70. The van der Waals surface area contributed by atoms with Crippen LogP contribution in [-0.2, 0) is 25.7 Å². The molecule has 0 spiro atoms. The Balaban J connectivity index is 1.62. The van der Waals surface area contributed by atoms with Crippen molar-refractivity contribution in [2.45, 2.75) is 39.2 Å². The average Bonchev–Trinajstić information content (AvgIpc) is 3.00. The molecule has 1 aromatic rings. The summed E-state index contributed by atoms with van der Waals surface area (Å²) in [6.07, 6.45) is 2.05. The minimum atomic E-state index is -0.269. The van der Waals surface area contributed by atoms with Crippen LogP contribution in [0, 0.1) is 5.92 Å². The molecule has 1 aromatic carbocycles. The Morgan fingerprint density at radius 1 is 1.11 bits per heavy atom. The van der Waals surface area contributed by atoms with Gasteiger partial charge in [-0.15, -0.1) is 0 Å². The van der Waals surface area contributed by atoms with Gasteiger partial charge >= 0.3 is 5.97 Å². The first kappa shape index (κ1) is 19.1. The quantitative estimate of drug-likeness (QED) is 0.581. The summed E-state index contributed by atoms with van der Waals surface area (Å²) in [5.74, 6) is -0.944. The maximum Gasteiger partial charge on any atom is 0.310 e. The van der Waals surface area contributed by atoms with E-state index in [-0.39, 0.29) is 49.0 Å². The molecule has 0 bridgehead atoms. The number of ether oxygens (including phenoxy) is 1. The second-order valence-electron chi connectivity index (χ2n) is 6.91. The normalized spacial score (nSPS) is 20.1. The van der Waals surface area contributed by atoms with Gasteiger partial charge in [0.25, 0.3) is 5.91 Å². The lowest BCUT2D eigenvalue weighted by Crippen LogP contribution is -2.42. The minimum absolute atomic E-state index is 0.121. The number of amides is 3. The van der Waals surface area contributed by atoms with Gasteiger partial charge in [0, 0.05) is 31.5 Å². The van der Waals surface area contributed by atoms with Gasteiger partial charge in [0.1, 0.15) is 0 Å². The van der Waals surface area contributed by atoms with E-state index in [9.17, 15) is 19.2 Å². The van der Waals surface area contributed by atoms with Crippen molar-refractivity contribution in [1.82, 2.24) is 9.80 Å². The molecule has 2 heterocycles. The zero-order valence-corrected chi connectivity index (χ0v) is 15.5. The summed E-state index contributed by atoms with van der Waals surface area (Å²) >= 11 is 0. The third kappa shape index (κ3) is 4.35. The molecule has 1 atom stereocenters. The summed E-state index contributed by atoms with van der Waals surface area (Å²) in [6.45, 7) is 3.34. The standard InChI is InChI=1S/C20H24N2O5/c1-2-27-20(26)16-4-3-11-21(13-16)19(25)15-7-5-14(6-8-15)12-22-17(23)9-10-18(22)24/h5-8,16H,2-4,9-13H2,1H3/t16-/m1/s1. The maximum absolute atomic E-state index is 12.7. The summed E-state index contributed by atoms with van der Waals surface area (Å²) in [6, 6.07) is 6.94. The topological polar surface area (TPSA) is 84.0 Å². The molecule has 0 N–H and O–H groups in total. The Morgan fingerprint density at radius 3 is 2.41 bits per heavy atom. The monoisotopic (exact) mass is 372 g/mol. The zero-order chi connectivity index (χ0) is 19.4. The molecule has 27 heavy (non-hydrogen) atoms. The van der Waals surface area contributed by atoms with Gasteiger partial charge in [-0.2, -0.15) is 0 Å². The number of rotatable bonds is 5. The molecule has 7 nitrogen and oxygen atoms in total. The SMILES string of the molecule is CCOC(=O)[C@@H]1CCCN(C(=O)c2ccc(CN3C(=O)CCC3=O)cc2)C1. The lowest BCUT2D eigenvalue weighted by molar-refractivity contribution is -0.149. The number of imide groups is 1. The molecular formula is C20H24N2O5. The average molecular weight is 372 g/mol. The second-order valence-corrected chi connectivity index (χ2v) is 6.91. The van der Waals surface area contributed by atoms with Crippen molar-refractivity contribution in [3.05, 3.63) is 35.4 Å². The molecule has 0 aliphatic carbocycles. The van der Waals surface area contributed by atoms with Crippen LogP contribution in [0.4, 0.5) is 0 Å². The van der Waals surface area contributed by atoms with Gasteiger partial charge in [-0.3, -0.25) is 24.1 Å². The molecule has 3 amide bonds. The van der Waals surface area contributed by atoms with Crippen LogP contribution in [-0.4, -0.2) is 53.2 Å². The van der Waals surface area contributed by atoms with Crippen LogP contribution >= 0.6 is 0 Å². The minimum Gasteiger partial charge on any atom is -0.466 e. The third-order valence-corrected chi connectivity index (χ3v) is 5.02. The summed E-state index contributed by atoms with van der Waals surface area (Å²) in [7, 11) is 0. The van der Waals surface area contributed by atoms with Crippen molar-refractivity contribution >= 4 is 23.7 Å². The van der Waals surface area contributed by atoms with Crippen LogP contribution in [0.1, 0.15) is 48.5 Å². The summed E-state index contributed by atoms with van der Waals surface area (Å²) in [5.41, 5.74) is 1.33. The first-order valence-corrected chi connectivity index (χ1v) is 9.37. The fourth-order valence-corrected chi connectivity index (χ4v) is 3.53. The van der Waals surface area contributed by atoms with Gasteiger partial charge in [-0.1, -0.05) is 12.1 Å². The van der Waals surface area contributed by atoms with Crippen molar-refractivity contribution in [2.24, 2.45) is 5.92 Å². The van der Waals surface area contributed by atoms with Crippen LogP contribution in [0.15, 0.2) is 24.3 Å². The number of carbonyl (C=O) groups is 4. The molecule has 2 saturated heterocycles. The van der Waals surface area contributed by atoms with E-state index in [4.69, 9.17) is 4.74 Å². The molecule has 0 radical (unpaired) electrons. The van der Waals surface area contributed by atoms with Gasteiger partial charge in [0.05, 0.1) is 19.1 Å². The van der Waals surface area contributed by atoms with Crippen molar-refractivity contribution < 1.29 is 23.9 Å². The molecule has 7 heteroatoms. The highest BCUT2D eigenvalue weighted by Gasteiger charge is 2.30. The molecule has 2 aliphatic heterocycles. The number of piperidine rings is 1. The third-order valence-electron chi connectivity index (χ3n) is 5.02. The molecule has 3 rings (SSSR count). The number of benzene rings is 1. The first-order valence-electron chi connectivity index (χ1n) is 9.37. The highest BCUT2D eigenvalue weighted by molar-refractivity contribution is 6.01. The molecule has 0 unspecified atom stereocenters. The van der Waals surface area contributed by atoms with Crippen molar-refractivity contribution in [3.63, 3.8) is 0 Å². The van der Waals surface area contributed by atoms with Crippen LogP contribution in [0.3, 0.4) is 0 Å². The van der Waals surface area contributed by atoms with Gasteiger partial charge in [-0.05, 0) is 37.5 Å². The van der Waals surface area contributed by atoms with E-state index < -0.39 is 0 Å². The fourth-order valence-electron chi connectivity index (χ4n) is 3.53. The Labute approximate surface area is 158 Å². The maximum atomic E-state index is 12.7. The summed E-state index contributed by atoms with van der Waals surface area (Å²) in [5, 5.41) is 0. The predicted molar refractivity (Wildman–Crippen MR) is 96.5 cm³/mol. The number of likely N-dealkylation sites (tertiary alicyclic amines) is 2. The first-order chi connectivity index (χ1) is 13.0. The number of esters is 1. The molecule has 0 aromatic heterocycles. The summed E-state index contributed by atoms with van der Waals surface area (Å²) < 4.78 is 5.07. The highest BCUT2D eigenvalue weighted by atomic mass is 16.5. The number of hydrogen-bond donors (Lipinski definition) is 0. The molecule has 144 valence electrons. The van der Waals surface area contributed by atoms with Crippen molar-refractivity contribution in [3.8, 4) is 0 Å². The van der Waals surface area contributed by atoms with Crippen molar-refractivity contribution in [1.29, 1.82) is 0 Å². The van der Waals surface area contributed by atoms with Gasteiger partial charge < -0.3 is 9.64 Å². The van der Waals surface area contributed by atoms with E-state index in [2.05, 4.69) is 0 Å². The van der Waals surface area contributed by atoms with Crippen molar-refractivity contribution in [2.75, 3.05) is 19.7 Å². The predicted octanol–water partition coefficient (Wildman–Crippen LogP) is 1.75. The van der Waals surface area contributed by atoms with Gasteiger partial charge in [-0.25, -0.2) is 0 Å². The largest absolute Gasteiger partial charge is 0.466 e. The lowest BCUT2D eigenvalue weighted by atomic mass is 9.97. The number of carbonyl (C=O) groups excluding carboxylic acids is 4. The van der Waals surface area contributed by atoms with Crippen LogP contribution in [0.5, 0.6) is 0 Å². The van der Waals surface area contributed by atoms with E-state index in [0.29, 0.717) is 25.3 Å². The fraction of sp³-hybridized carbons (Fsp3) is 0.500. The summed E-state index contributed by atoms with van der Waals surface area (Å²) in [4.78, 5) is 51.0. The Bertz CT molecular complexity index is 727. The smallest absolute Gasteiger partial charge is 0.310 e. The lowest BCUT2D eigenvalue weighted by Gasteiger charge is -2.31. The van der Waals surface area contributed by atoms with E-state index in [0.717, 1.165) is 18.4 Å². The number of nitrogens with zero attached hydrogens (tertiary/aromatic N) is 2. The highest BCUT2D eigenvalue weighted by Crippen LogP contribution is 2.21. The molecule has 0 saturated carbocycles. The van der Waals surface area contributed by atoms with Crippen LogP contribution in [0.25, 0.3) is 0 Å². The molecule has 2 fully saturated rings. The van der Waals surface area contributed by atoms with E-state index in [1.54, 1.807) is 36.1 Å². The second kappa shape index (κ2) is 8.33. The van der Waals surface area contributed by atoms with E-state index in [1.807, 2.05) is 0 Å². The van der Waals surface area contributed by atoms with Crippen LogP contribution in [0.2, 0.25) is 0 Å². The Kier molecular flexibility index (Phi) is 5.88. The van der Waals surface area contributed by atoms with E-state index >= 15 is 0 Å². The Morgan fingerprint density at radius 2 is 1.78 bits per heavy atom. The van der Waals surface area contributed by atoms with E-state index in [1.165, 1.54) is 4.90 Å². The molecular weight excluding hydrogens is 348 g/mol. The van der Waals surface area contributed by atoms with Gasteiger partial charge in [0.2, 0.25) is 11.8 Å². The zero-order valence-electron chi connectivity index (χ0n) is 15.5. The van der Waals surface area contributed by atoms with Crippen LogP contribution < -0.4 is 0 Å². The molecule has 2 aliphatic rings.